The predicted molar refractivity (Wildman–Crippen MR) is 98.8 cm³/mol. The van der Waals surface area contributed by atoms with Crippen molar-refractivity contribution >= 4 is 11.8 Å². The van der Waals surface area contributed by atoms with Crippen LogP contribution < -0.4 is 14.8 Å². The van der Waals surface area contributed by atoms with E-state index in [4.69, 9.17) is 9.47 Å². The standard InChI is InChI=1S/C20H23N3O4/c1-21-18(24)10-14-11-22-7-3-4-15(22)13-23(12-14)20(25)16-5-2-6-17-19(16)27-9-8-26-17/h2-7,14H,8-13H2,1H3,(H,21,24). The maximum atomic E-state index is 13.3. The monoisotopic (exact) mass is 369 g/mol. The summed E-state index contributed by atoms with van der Waals surface area (Å²) in [5.74, 6) is 1.04. The summed E-state index contributed by atoms with van der Waals surface area (Å²) in [5, 5.41) is 2.68. The number of aromatic nitrogens is 1. The average Bonchev–Trinajstić information content (AvgIpc) is 3.05. The number of benzene rings is 1. The van der Waals surface area contributed by atoms with Gasteiger partial charge >= 0.3 is 0 Å². The topological polar surface area (TPSA) is 72.8 Å². The van der Waals surface area contributed by atoms with Crippen molar-refractivity contribution in [2.45, 2.75) is 19.5 Å². The van der Waals surface area contributed by atoms with E-state index in [-0.39, 0.29) is 17.7 Å². The van der Waals surface area contributed by atoms with Crippen molar-refractivity contribution in [3.63, 3.8) is 0 Å². The first-order valence-corrected chi connectivity index (χ1v) is 9.18. The molecule has 1 aromatic heterocycles. The van der Waals surface area contributed by atoms with Crippen LogP contribution in [-0.4, -0.2) is 48.1 Å². The van der Waals surface area contributed by atoms with Gasteiger partial charge in [0.1, 0.15) is 13.2 Å². The number of amides is 2. The Labute approximate surface area is 157 Å². The summed E-state index contributed by atoms with van der Waals surface area (Å²) >= 11 is 0. The minimum atomic E-state index is -0.103. The molecule has 0 aliphatic carbocycles. The summed E-state index contributed by atoms with van der Waals surface area (Å²) < 4.78 is 13.5. The van der Waals surface area contributed by atoms with E-state index < -0.39 is 0 Å². The number of rotatable bonds is 3. The van der Waals surface area contributed by atoms with Gasteiger partial charge in [-0.3, -0.25) is 9.59 Å². The lowest BCUT2D eigenvalue weighted by Gasteiger charge is -2.26. The molecule has 2 aromatic rings. The fraction of sp³-hybridized carbons (Fsp3) is 0.400. The normalized spacial score (nSPS) is 18.4. The summed E-state index contributed by atoms with van der Waals surface area (Å²) in [6.45, 7) is 2.64. The van der Waals surface area contributed by atoms with E-state index >= 15 is 0 Å². The van der Waals surface area contributed by atoms with E-state index in [2.05, 4.69) is 9.88 Å². The first-order valence-electron chi connectivity index (χ1n) is 9.18. The van der Waals surface area contributed by atoms with Crippen molar-refractivity contribution < 1.29 is 19.1 Å². The molecule has 7 heteroatoms. The molecule has 1 N–H and O–H groups in total. The number of para-hydroxylation sites is 1. The lowest BCUT2D eigenvalue weighted by molar-refractivity contribution is -0.121. The Morgan fingerprint density at radius 3 is 2.85 bits per heavy atom. The average molecular weight is 369 g/mol. The summed E-state index contributed by atoms with van der Waals surface area (Å²) in [4.78, 5) is 27.1. The molecule has 0 spiro atoms. The van der Waals surface area contributed by atoms with Gasteiger partial charge in [0.25, 0.3) is 5.91 Å². The van der Waals surface area contributed by atoms with Gasteiger partial charge in [0.05, 0.1) is 12.1 Å². The highest BCUT2D eigenvalue weighted by molar-refractivity contribution is 5.98. The van der Waals surface area contributed by atoms with Crippen LogP contribution in [0.25, 0.3) is 0 Å². The number of hydrogen-bond acceptors (Lipinski definition) is 4. The molecule has 1 unspecified atom stereocenters. The molecule has 142 valence electrons. The van der Waals surface area contributed by atoms with Crippen LogP contribution in [0.1, 0.15) is 22.5 Å². The fourth-order valence-corrected chi connectivity index (χ4v) is 3.74. The number of carbonyl (C=O) groups excluding carboxylic acids is 2. The summed E-state index contributed by atoms with van der Waals surface area (Å²) in [5.41, 5.74) is 1.57. The second-order valence-corrected chi connectivity index (χ2v) is 6.91. The van der Waals surface area contributed by atoms with E-state index in [1.54, 1.807) is 18.0 Å². The Bertz CT molecular complexity index is 861. The molecule has 4 rings (SSSR count). The Balaban J connectivity index is 1.63. The second kappa shape index (κ2) is 7.34. The quantitative estimate of drug-likeness (QED) is 0.893. The molecule has 0 saturated carbocycles. The molecule has 1 aromatic carbocycles. The van der Waals surface area contributed by atoms with Gasteiger partial charge < -0.3 is 24.3 Å². The van der Waals surface area contributed by atoms with Gasteiger partial charge in [-0.25, -0.2) is 0 Å². The van der Waals surface area contributed by atoms with Gasteiger partial charge in [-0.05, 0) is 24.3 Å². The summed E-state index contributed by atoms with van der Waals surface area (Å²) in [6.07, 6.45) is 2.38. The van der Waals surface area contributed by atoms with Crippen molar-refractivity contribution in [3.05, 3.63) is 47.8 Å². The van der Waals surface area contributed by atoms with E-state index in [1.165, 1.54) is 0 Å². The molecular formula is C20H23N3O4. The fourth-order valence-electron chi connectivity index (χ4n) is 3.74. The van der Waals surface area contributed by atoms with Gasteiger partial charge in [-0.15, -0.1) is 0 Å². The minimum absolute atomic E-state index is 0.0168. The Kier molecular flexibility index (Phi) is 4.75. The molecule has 2 aliphatic rings. The maximum Gasteiger partial charge on any atom is 0.258 e. The molecular weight excluding hydrogens is 346 g/mol. The van der Waals surface area contributed by atoms with Gasteiger partial charge in [-0.1, -0.05) is 6.07 Å². The molecule has 0 radical (unpaired) electrons. The van der Waals surface area contributed by atoms with Crippen LogP contribution in [0.5, 0.6) is 11.5 Å². The summed E-state index contributed by atoms with van der Waals surface area (Å²) in [7, 11) is 1.64. The number of nitrogens with one attached hydrogen (secondary N) is 1. The van der Waals surface area contributed by atoms with Crippen LogP contribution in [0.3, 0.4) is 0 Å². The van der Waals surface area contributed by atoms with Crippen molar-refractivity contribution in [1.82, 2.24) is 14.8 Å². The number of nitrogens with zero attached hydrogens (tertiary/aromatic N) is 2. The first-order chi connectivity index (χ1) is 13.2. The Morgan fingerprint density at radius 2 is 2.00 bits per heavy atom. The van der Waals surface area contributed by atoms with E-state index in [1.807, 2.05) is 30.5 Å². The number of ether oxygens (including phenoxy) is 2. The van der Waals surface area contributed by atoms with Crippen molar-refractivity contribution in [3.8, 4) is 11.5 Å². The van der Waals surface area contributed by atoms with Crippen LogP contribution in [0, 0.1) is 5.92 Å². The highest BCUT2D eigenvalue weighted by Crippen LogP contribution is 2.35. The van der Waals surface area contributed by atoms with Crippen LogP contribution in [0.2, 0.25) is 0 Å². The van der Waals surface area contributed by atoms with Crippen molar-refractivity contribution in [2.24, 2.45) is 5.92 Å². The summed E-state index contributed by atoms with van der Waals surface area (Å²) in [6, 6.07) is 9.38. The van der Waals surface area contributed by atoms with Gasteiger partial charge in [0.15, 0.2) is 11.5 Å². The third-order valence-corrected chi connectivity index (χ3v) is 5.05. The van der Waals surface area contributed by atoms with Gasteiger partial charge in [0.2, 0.25) is 5.91 Å². The number of fused-ring (bicyclic) bond motifs is 2. The zero-order valence-corrected chi connectivity index (χ0v) is 15.3. The van der Waals surface area contributed by atoms with Crippen LogP contribution in [0.4, 0.5) is 0 Å². The Hall–Kier alpha value is -2.96. The largest absolute Gasteiger partial charge is 0.486 e. The highest BCUT2D eigenvalue weighted by Gasteiger charge is 2.29. The van der Waals surface area contributed by atoms with Gasteiger partial charge in [-0.2, -0.15) is 0 Å². The molecule has 1 atom stereocenters. The number of carbonyl (C=O) groups is 2. The molecule has 27 heavy (non-hydrogen) atoms. The highest BCUT2D eigenvalue weighted by atomic mass is 16.6. The molecule has 0 bridgehead atoms. The molecule has 7 nitrogen and oxygen atoms in total. The molecule has 0 saturated heterocycles. The third kappa shape index (κ3) is 3.49. The van der Waals surface area contributed by atoms with Crippen molar-refractivity contribution in [2.75, 3.05) is 26.8 Å². The molecule has 2 amide bonds. The van der Waals surface area contributed by atoms with E-state index in [0.717, 1.165) is 5.69 Å². The lowest BCUT2D eigenvalue weighted by atomic mass is 10.0. The van der Waals surface area contributed by atoms with Crippen molar-refractivity contribution in [1.29, 1.82) is 0 Å². The Morgan fingerprint density at radius 1 is 1.15 bits per heavy atom. The lowest BCUT2D eigenvalue weighted by Crippen LogP contribution is -2.36. The second-order valence-electron chi connectivity index (χ2n) is 6.91. The van der Waals surface area contributed by atoms with Crippen LogP contribution >= 0.6 is 0 Å². The number of hydrogen-bond donors (Lipinski definition) is 1. The molecule has 0 fully saturated rings. The third-order valence-electron chi connectivity index (χ3n) is 5.05. The smallest absolute Gasteiger partial charge is 0.258 e. The van der Waals surface area contributed by atoms with E-state index in [9.17, 15) is 9.59 Å². The van der Waals surface area contributed by atoms with Gasteiger partial charge in [0, 0.05) is 44.4 Å². The first kappa shape index (κ1) is 17.5. The van der Waals surface area contributed by atoms with Crippen LogP contribution in [-0.2, 0) is 17.9 Å². The van der Waals surface area contributed by atoms with Crippen LogP contribution in [0.15, 0.2) is 36.5 Å². The molecule has 3 heterocycles. The minimum Gasteiger partial charge on any atom is -0.486 e. The zero-order valence-electron chi connectivity index (χ0n) is 15.3. The SMILES string of the molecule is CNC(=O)CC1CN(C(=O)c2cccc3c2OCCO3)Cc2cccn2C1. The molecule has 2 aliphatic heterocycles. The maximum absolute atomic E-state index is 13.3. The zero-order chi connectivity index (χ0) is 18.8. The predicted octanol–water partition coefficient (Wildman–Crippen LogP) is 1.67. The van der Waals surface area contributed by atoms with E-state index in [0.29, 0.717) is 56.3 Å².